The zero-order valence-corrected chi connectivity index (χ0v) is 22.8. The molecular formula is C30H48N2O4. The summed E-state index contributed by atoms with van der Waals surface area (Å²) in [5.41, 5.74) is 2.03. The molecule has 6 heteroatoms. The minimum Gasteiger partial charge on any atom is -0.480 e. The van der Waals surface area contributed by atoms with Crippen LogP contribution in [0, 0.1) is 12.5 Å². The Kier molecular flexibility index (Phi) is 14.6. The van der Waals surface area contributed by atoms with E-state index in [-0.39, 0.29) is 11.9 Å². The van der Waals surface area contributed by atoms with Gasteiger partial charge >= 0.3 is 12.0 Å². The highest BCUT2D eigenvalue weighted by molar-refractivity contribution is 5.83. The zero-order chi connectivity index (χ0) is 26.2. The minimum atomic E-state index is -0.955. The van der Waals surface area contributed by atoms with Crippen LogP contribution in [0.1, 0.15) is 103 Å². The maximum Gasteiger partial charge on any atom is 0.326 e. The number of carbonyl (C=O) groups excluding carboxylic acids is 1. The van der Waals surface area contributed by atoms with E-state index in [0.29, 0.717) is 32.7 Å². The van der Waals surface area contributed by atoms with Crippen molar-refractivity contribution in [3.63, 3.8) is 0 Å². The van der Waals surface area contributed by atoms with E-state index in [4.69, 9.17) is 4.74 Å². The van der Waals surface area contributed by atoms with Crippen LogP contribution in [-0.4, -0.2) is 52.6 Å². The molecule has 2 radical (unpaired) electrons. The summed E-state index contributed by atoms with van der Waals surface area (Å²) < 4.78 is 5.52. The third-order valence-electron chi connectivity index (χ3n) is 7.17. The number of carboxylic acids is 1. The molecule has 1 heterocycles. The van der Waals surface area contributed by atoms with Gasteiger partial charge in [0.15, 0.2) is 0 Å². The summed E-state index contributed by atoms with van der Waals surface area (Å²) in [6, 6.07) is 6.74. The van der Waals surface area contributed by atoms with Gasteiger partial charge in [-0.05, 0) is 31.4 Å². The van der Waals surface area contributed by atoms with E-state index < -0.39 is 12.0 Å². The van der Waals surface area contributed by atoms with Crippen molar-refractivity contribution in [1.29, 1.82) is 0 Å². The monoisotopic (exact) mass is 500 g/mol. The molecule has 2 amide bonds. The van der Waals surface area contributed by atoms with E-state index in [1.165, 1.54) is 62.7 Å². The van der Waals surface area contributed by atoms with Crippen molar-refractivity contribution in [3.8, 4) is 0 Å². The maximum absolute atomic E-state index is 13.5. The van der Waals surface area contributed by atoms with E-state index in [1.54, 1.807) is 4.90 Å². The molecule has 0 saturated heterocycles. The summed E-state index contributed by atoms with van der Waals surface area (Å²) in [5.74, 6) is -0.938. The van der Waals surface area contributed by atoms with Crippen LogP contribution < -0.4 is 0 Å². The van der Waals surface area contributed by atoms with Crippen LogP contribution >= 0.6 is 0 Å². The minimum absolute atomic E-state index is 0.0169. The molecule has 36 heavy (non-hydrogen) atoms. The van der Waals surface area contributed by atoms with Crippen molar-refractivity contribution < 1.29 is 19.4 Å². The van der Waals surface area contributed by atoms with E-state index in [2.05, 4.69) is 13.5 Å². The second kappa shape index (κ2) is 17.4. The van der Waals surface area contributed by atoms with Gasteiger partial charge in [-0.15, -0.1) is 0 Å². The molecule has 0 bridgehead atoms. The third kappa shape index (κ3) is 10.1. The number of benzene rings is 1. The van der Waals surface area contributed by atoms with E-state index in [9.17, 15) is 14.7 Å². The highest BCUT2D eigenvalue weighted by Crippen LogP contribution is 2.26. The predicted octanol–water partition coefficient (Wildman–Crippen LogP) is 6.94. The van der Waals surface area contributed by atoms with Crippen LogP contribution in [-0.2, 0) is 22.5 Å². The second-order valence-corrected chi connectivity index (χ2v) is 9.99. The summed E-state index contributed by atoms with van der Waals surface area (Å²) in [6.45, 7) is 11.2. The number of aliphatic carboxylic acids is 1. The number of rotatable bonds is 18. The Hall–Kier alpha value is -2.08. The Balaban J connectivity index is 1.87. The molecule has 0 unspecified atom stereocenters. The Morgan fingerprint density at radius 1 is 1.00 bits per heavy atom. The Bertz CT molecular complexity index is 769. The average Bonchev–Trinajstić information content (AvgIpc) is 2.89. The molecule has 1 aromatic rings. The first-order valence-corrected chi connectivity index (χ1v) is 14.2. The molecule has 0 saturated carbocycles. The van der Waals surface area contributed by atoms with Crippen LogP contribution in [0.25, 0.3) is 0 Å². The van der Waals surface area contributed by atoms with Crippen LogP contribution in [0.2, 0.25) is 0 Å². The van der Waals surface area contributed by atoms with Crippen molar-refractivity contribution in [1.82, 2.24) is 9.80 Å². The fourth-order valence-corrected chi connectivity index (χ4v) is 5.00. The quantitative estimate of drug-likeness (QED) is 0.222. The first-order chi connectivity index (χ1) is 17.5. The lowest BCUT2D eigenvalue weighted by molar-refractivity contribution is -0.142. The number of hydrogen-bond acceptors (Lipinski definition) is 3. The fourth-order valence-electron chi connectivity index (χ4n) is 5.00. The number of carbonyl (C=O) groups is 2. The lowest BCUT2D eigenvalue weighted by atomic mass is 9.94. The van der Waals surface area contributed by atoms with Gasteiger partial charge < -0.3 is 19.6 Å². The molecule has 0 aliphatic carbocycles. The normalized spacial score (nSPS) is 16.0. The first kappa shape index (κ1) is 30.1. The van der Waals surface area contributed by atoms with Crippen molar-refractivity contribution >= 4 is 12.0 Å². The third-order valence-corrected chi connectivity index (χ3v) is 7.17. The molecule has 0 spiro atoms. The molecule has 2 rings (SSSR count). The highest BCUT2D eigenvalue weighted by Gasteiger charge is 2.36. The number of unbranched alkanes of at least 4 members (excludes halogenated alkanes) is 9. The fraction of sp³-hybridized carbons (Fsp3) is 0.700. The number of amides is 2. The van der Waals surface area contributed by atoms with Gasteiger partial charge in [0.1, 0.15) is 12.6 Å². The summed E-state index contributed by atoms with van der Waals surface area (Å²) in [4.78, 5) is 28.8. The lowest BCUT2D eigenvalue weighted by Gasteiger charge is -2.38. The molecule has 1 aliphatic heterocycles. The van der Waals surface area contributed by atoms with Gasteiger partial charge in [-0.3, -0.25) is 0 Å². The Morgan fingerprint density at radius 3 is 2.19 bits per heavy atom. The standard InChI is InChI=1S/C30H48N2O4/c1-4-7-8-9-10-11-12-13-14-15-18-25(24-36-6-3)22-31(5-2)30(35)32-23-27-20-17-16-19-26(27)21-28(32)29(33)34/h16-17,19-20,25,28H,4-15,18,21-23H2,1-3H3,(H,33,34)/t25-,28-/m0/s1. The van der Waals surface area contributed by atoms with Crippen molar-refractivity contribution in [2.45, 2.75) is 110 Å². The molecular weight excluding hydrogens is 452 g/mol. The largest absolute Gasteiger partial charge is 0.480 e. The van der Waals surface area contributed by atoms with Crippen LogP contribution in [0.4, 0.5) is 4.79 Å². The molecule has 1 aliphatic rings. The Labute approximate surface area is 219 Å². The number of hydrogen-bond donors (Lipinski definition) is 1. The molecule has 202 valence electrons. The average molecular weight is 501 g/mol. The van der Waals surface area contributed by atoms with Crippen molar-refractivity contribution in [2.75, 3.05) is 19.7 Å². The van der Waals surface area contributed by atoms with Crippen LogP contribution in [0.15, 0.2) is 24.3 Å². The topological polar surface area (TPSA) is 70.1 Å². The zero-order valence-electron chi connectivity index (χ0n) is 22.8. The van der Waals surface area contributed by atoms with E-state index in [0.717, 1.165) is 24.0 Å². The molecule has 1 N–H and O–H groups in total. The second-order valence-electron chi connectivity index (χ2n) is 9.99. The molecule has 0 fully saturated rings. The van der Waals surface area contributed by atoms with Gasteiger partial charge in [-0.2, -0.15) is 0 Å². The van der Waals surface area contributed by atoms with E-state index in [1.807, 2.05) is 38.1 Å². The SMILES string of the molecule is CCCCCCCCCCCC[C@H]([C]OCC)CN(CC)C(=O)N1Cc2ccccc2C[C@H]1C(=O)O. The first-order valence-electron chi connectivity index (χ1n) is 14.2. The van der Waals surface area contributed by atoms with Gasteiger partial charge in [0.25, 0.3) is 0 Å². The summed E-state index contributed by atoms with van der Waals surface area (Å²) in [5, 5.41) is 9.85. The number of carboxylic acid groups (broad SMARTS) is 1. The van der Waals surface area contributed by atoms with Crippen molar-refractivity contribution in [2.24, 2.45) is 5.92 Å². The molecule has 2 atom stereocenters. The van der Waals surface area contributed by atoms with Gasteiger partial charge in [0.2, 0.25) is 0 Å². The number of ether oxygens (including phenoxy) is 1. The summed E-state index contributed by atoms with van der Waals surface area (Å²) in [6.07, 6.45) is 14.1. The molecule has 6 nitrogen and oxygen atoms in total. The number of fused-ring (bicyclic) bond motifs is 1. The molecule has 0 aromatic heterocycles. The van der Waals surface area contributed by atoms with Crippen LogP contribution in [0.3, 0.4) is 0 Å². The van der Waals surface area contributed by atoms with Gasteiger partial charge in [-0.1, -0.05) is 95.4 Å². The smallest absolute Gasteiger partial charge is 0.326 e. The lowest BCUT2D eigenvalue weighted by Crippen LogP contribution is -2.54. The van der Waals surface area contributed by atoms with Gasteiger partial charge in [0.05, 0.1) is 0 Å². The van der Waals surface area contributed by atoms with Gasteiger partial charge in [-0.25, -0.2) is 9.59 Å². The number of urea groups is 1. The number of nitrogens with zero attached hydrogens (tertiary/aromatic N) is 2. The summed E-state index contributed by atoms with van der Waals surface area (Å²) in [7, 11) is 0. The summed E-state index contributed by atoms with van der Waals surface area (Å²) >= 11 is 0. The Morgan fingerprint density at radius 2 is 1.61 bits per heavy atom. The predicted molar refractivity (Wildman–Crippen MR) is 145 cm³/mol. The van der Waals surface area contributed by atoms with E-state index >= 15 is 0 Å². The molecule has 1 aromatic carbocycles. The van der Waals surface area contributed by atoms with Crippen molar-refractivity contribution in [3.05, 3.63) is 42.0 Å². The maximum atomic E-state index is 13.5. The highest BCUT2D eigenvalue weighted by atomic mass is 16.5. The van der Waals surface area contributed by atoms with Crippen LogP contribution in [0.5, 0.6) is 0 Å². The van der Waals surface area contributed by atoms with Gasteiger partial charge in [0, 0.05) is 38.6 Å².